The number of amides is 1. The van der Waals surface area contributed by atoms with Crippen molar-refractivity contribution in [1.82, 2.24) is 5.32 Å². The molecule has 0 aliphatic rings. The maximum atomic E-state index is 12.4. The Morgan fingerprint density at radius 1 is 0.429 bits per heavy atom. The predicted molar refractivity (Wildman–Crippen MR) is 248 cm³/mol. The molecule has 0 spiro atoms. The summed E-state index contributed by atoms with van der Waals surface area (Å²) in [5.41, 5.74) is 0. The van der Waals surface area contributed by atoms with Gasteiger partial charge in [-0.15, -0.1) is 0 Å². The van der Waals surface area contributed by atoms with Gasteiger partial charge in [0, 0.05) is 6.42 Å². The zero-order valence-corrected chi connectivity index (χ0v) is 37.9. The predicted octanol–water partition coefficient (Wildman–Crippen LogP) is 16.1. The van der Waals surface area contributed by atoms with Crippen molar-refractivity contribution in [3.63, 3.8) is 0 Å². The van der Waals surface area contributed by atoms with Gasteiger partial charge in [0.1, 0.15) is 0 Å². The zero-order chi connectivity index (χ0) is 40.7. The average molecular weight is 786 g/mol. The van der Waals surface area contributed by atoms with Crippen molar-refractivity contribution >= 4 is 5.91 Å². The van der Waals surface area contributed by atoms with E-state index in [4.69, 9.17) is 0 Å². The van der Waals surface area contributed by atoms with Crippen molar-refractivity contribution in [2.45, 2.75) is 283 Å². The largest absolute Gasteiger partial charge is 0.394 e. The SMILES string of the molecule is CCC/C=C\C/C=C\CCCCCCCC(=O)NC(CO)C(O)/C=C/CCCCCCCCCCCCCCCCCCCCCCCCCCCCCCC. The summed E-state index contributed by atoms with van der Waals surface area (Å²) >= 11 is 0. The van der Waals surface area contributed by atoms with Crippen LogP contribution in [-0.2, 0) is 4.79 Å². The van der Waals surface area contributed by atoms with Crippen molar-refractivity contribution in [3.05, 3.63) is 36.5 Å². The highest BCUT2D eigenvalue weighted by molar-refractivity contribution is 5.76. The van der Waals surface area contributed by atoms with Crippen LogP contribution in [0.25, 0.3) is 0 Å². The fourth-order valence-electron chi connectivity index (χ4n) is 7.75. The number of carbonyl (C=O) groups excluding carboxylic acids is 1. The van der Waals surface area contributed by atoms with Gasteiger partial charge in [-0.1, -0.05) is 256 Å². The molecular weight excluding hydrogens is 687 g/mol. The lowest BCUT2D eigenvalue weighted by atomic mass is 10.0. The second kappa shape index (κ2) is 48.0. The Bertz CT molecular complexity index is 851. The van der Waals surface area contributed by atoms with Crippen LogP contribution >= 0.6 is 0 Å². The second-order valence-corrected chi connectivity index (χ2v) is 17.2. The first kappa shape index (κ1) is 54.6. The van der Waals surface area contributed by atoms with E-state index >= 15 is 0 Å². The Hall–Kier alpha value is -1.39. The molecule has 3 N–H and O–H groups in total. The summed E-state index contributed by atoms with van der Waals surface area (Å²) < 4.78 is 0. The van der Waals surface area contributed by atoms with Crippen LogP contribution in [0, 0.1) is 0 Å². The molecule has 0 radical (unpaired) electrons. The molecule has 0 aliphatic carbocycles. The molecule has 56 heavy (non-hydrogen) atoms. The fraction of sp³-hybridized carbons (Fsp3) is 0.865. The lowest BCUT2D eigenvalue weighted by molar-refractivity contribution is -0.123. The van der Waals surface area contributed by atoms with E-state index in [0.717, 1.165) is 44.9 Å². The summed E-state index contributed by atoms with van der Waals surface area (Å²) in [6.45, 7) is 4.25. The minimum Gasteiger partial charge on any atom is -0.394 e. The highest BCUT2D eigenvalue weighted by Gasteiger charge is 2.18. The lowest BCUT2D eigenvalue weighted by Gasteiger charge is -2.20. The van der Waals surface area contributed by atoms with Crippen LogP contribution in [0.15, 0.2) is 36.5 Å². The number of aliphatic hydroxyl groups excluding tert-OH is 2. The van der Waals surface area contributed by atoms with Gasteiger partial charge in [0.25, 0.3) is 0 Å². The van der Waals surface area contributed by atoms with Gasteiger partial charge in [0.05, 0.1) is 18.8 Å². The number of nitrogens with one attached hydrogen (secondary N) is 1. The molecule has 0 aliphatic heterocycles. The summed E-state index contributed by atoms with van der Waals surface area (Å²) in [6, 6.07) is -0.629. The summed E-state index contributed by atoms with van der Waals surface area (Å²) in [6.07, 6.45) is 64.4. The van der Waals surface area contributed by atoms with Gasteiger partial charge in [0.15, 0.2) is 0 Å². The molecule has 1 amide bonds. The number of allylic oxidation sites excluding steroid dienone is 5. The van der Waals surface area contributed by atoms with Crippen LogP contribution in [0.3, 0.4) is 0 Å². The third-order valence-electron chi connectivity index (χ3n) is 11.6. The molecule has 0 saturated heterocycles. The van der Waals surface area contributed by atoms with Gasteiger partial charge in [-0.2, -0.15) is 0 Å². The molecule has 330 valence electrons. The van der Waals surface area contributed by atoms with E-state index < -0.39 is 12.1 Å². The molecular formula is C52H99NO3. The van der Waals surface area contributed by atoms with Crippen molar-refractivity contribution < 1.29 is 15.0 Å². The van der Waals surface area contributed by atoms with Gasteiger partial charge < -0.3 is 15.5 Å². The topological polar surface area (TPSA) is 69.6 Å². The Labute approximate surface area is 351 Å². The maximum absolute atomic E-state index is 12.4. The van der Waals surface area contributed by atoms with Crippen molar-refractivity contribution in [3.8, 4) is 0 Å². The van der Waals surface area contributed by atoms with E-state index in [2.05, 4.69) is 43.5 Å². The van der Waals surface area contributed by atoms with Crippen LogP contribution in [-0.4, -0.2) is 34.9 Å². The van der Waals surface area contributed by atoms with Crippen LogP contribution in [0.4, 0.5) is 0 Å². The van der Waals surface area contributed by atoms with Crippen molar-refractivity contribution in [2.75, 3.05) is 6.61 Å². The first-order chi connectivity index (χ1) is 27.7. The van der Waals surface area contributed by atoms with Gasteiger partial charge in [0.2, 0.25) is 5.91 Å². The average Bonchev–Trinajstić information content (AvgIpc) is 3.20. The molecule has 2 unspecified atom stereocenters. The van der Waals surface area contributed by atoms with E-state index in [0.29, 0.717) is 6.42 Å². The van der Waals surface area contributed by atoms with E-state index in [1.165, 1.54) is 205 Å². The van der Waals surface area contributed by atoms with Gasteiger partial charge in [-0.25, -0.2) is 0 Å². The standard InChI is InChI=1S/C52H99NO3/c1-3-5-7-9-11-13-15-17-18-19-20-21-22-23-24-25-26-27-28-29-30-31-32-33-34-36-37-39-41-43-45-47-51(55)50(49-54)53-52(56)48-46-44-42-40-38-35-16-14-12-10-8-6-4-2/h8,10,14,16,45,47,50-51,54-55H,3-7,9,11-13,15,17-44,46,48-49H2,1-2H3,(H,53,56)/b10-8-,16-14-,47-45+. The number of hydrogen-bond donors (Lipinski definition) is 3. The maximum Gasteiger partial charge on any atom is 0.220 e. The summed E-state index contributed by atoms with van der Waals surface area (Å²) in [5.74, 6) is -0.0774. The minimum absolute atomic E-state index is 0.0774. The van der Waals surface area contributed by atoms with Crippen LogP contribution in [0.5, 0.6) is 0 Å². The molecule has 0 aromatic rings. The molecule has 4 heteroatoms. The molecule has 0 aromatic carbocycles. The Morgan fingerprint density at radius 2 is 0.768 bits per heavy atom. The lowest BCUT2D eigenvalue weighted by Crippen LogP contribution is -2.45. The Morgan fingerprint density at radius 3 is 1.14 bits per heavy atom. The smallest absolute Gasteiger partial charge is 0.220 e. The van der Waals surface area contributed by atoms with E-state index in [1.807, 2.05) is 6.08 Å². The normalized spacial score (nSPS) is 13.1. The fourth-order valence-corrected chi connectivity index (χ4v) is 7.75. The van der Waals surface area contributed by atoms with E-state index in [9.17, 15) is 15.0 Å². The highest BCUT2D eigenvalue weighted by Crippen LogP contribution is 2.17. The zero-order valence-electron chi connectivity index (χ0n) is 37.9. The summed E-state index contributed by atoms with van der Waals surface area (Å²) in [7, 11) is 0. The second-order valence-electron chi connectivity index (χ2n) is 17.2. The summed E-state index contributed by atoms with van der Waals surface area (Å²) in [5, 5.41) is 23.0. The third-order valence-corrected chi connectivity index (χ3v) is 11.6. The monoisotopic (exact) mass is 786 g/mol. The minimum atomic E-state index is -0.845. The molecule has 0 rings (SSSR count). The van der Waals surface area contributed by atoms with Gasteiger partial charge >= 0.3 is 0 Å². The van der Waals surface area contributed by atoms with Crippen LogP contribution in [0.1, 0.15) is 271 Å². The van der Waals surface area contributed by atoms with Crippen molar-refractivity contribution in [1.29, 1.82) is 0 Å². The highest BCUT2D eigenvalue weighted by atomic mass is 16.3. The Balaban J connectivity index is 3.45. The third kappa shape index (κ3) is 43.7. The van der Waals surface area contributed by atoms with Crippen LogP contribution in [0.2, 0.25) is 0 Å². The number of aliphatic hydroxyl groups is 2. The number of unbranched alkanes of at least 4 members (excludes halogenated alkanes) is 35. The van der Waals surface area contributed by atoms with Gasteiger partial charge in [-0.3, -0.25) is 4.79 Å². The number of carbonyl (C=O) groups is 1. The van der Waals surface area contributed by atoms with Gasteiger partial charge in [-0.05, 0) is 44.9 Å². The number of rotatable bonds is 46. The van der Waals surface area contributed by atoms with E-state index in [-0.39, 0.29) is 12.5 Å². The molecule has 0 fully saturated rings. The first-order valence-electron chi connectivity index (χ1n) is 25.2. The molecule has 0 saturated carbocycles. The molecule has 2 atom stereocenters. The van der Waals surface area contributed by atoms with Crippen molar-refractivity contribution in [2.24, 2.45) is 0 Å². The summed E-state index contributed by atoms with van der Waals surface area (Å²) in [4.78, 5) is 12.4. The molecule has 4 nitrogen and oxygen atoms in total. The molecule has 0 aromatic heterocycles. The Kier molecular flexibility index (Phi) is 46.8. The quantitative estimate of drug-likeness (QED) is 0.0425. The first-order valence-corrected chi connectivity index (χ1v) is 25.2. The van der Waals surface area contributed by atoms with Crippen LogP contribution < -0.4 is 5.32 Å². The molecule has 0 bridgehead atoms. The van der Waals surface area contributed by atoms with E-state index in [1.54, 1.807) is 6.08 Å². The molecule has 0 heterocycles. The number of hydrogen-bond acceptors (Lipinski definition) is 3.